The highest BCUT2D eigenvalue weighted by atomic mass is 16.5. The minimum Gasteiger partial charge on any atom is -0.450 e. The molecule has 3 N–H and O–H groups in total. The number of benzene rings is 1. The van der Waals surface area contributed by atoms with Crippen molar-refractivity contribution in [3.05, 3.63) is 29.8 Å². The zero-order valence-corrected chi connectivity index (χ0v) is 11.2. The lowest BCUT2D eigenvalue weighted by Crippen LogP contribution is -2.37. The lowest BCUT2D eigenvalue weighted by Gasteiger charge is -2.08. The van der Waals surface area contributed by atoms with Gasteiger partial charge in [0, 0.05) is 18.8 Å². The third-order valence-corrected chi connectivity index (χ3v) is 2.26. The minimum atomic E-state index is -0.483. The fourth-order valence-electron chi connectivity index (χ4n) is 1.33. The van der Waals surface area contributed by atoms with Crippen LogP contribution >= 0.6 is 0 Å². The number of hydrogen-bond acceptors (Lipinski definition) is 3. The highest BCUT2D eigenvalue weighted by molar-refractivity contribution is 5.89. The Labute approximate surface area is 112 Å². The third kappa shape index (κ3) is 6.30. The molecule has 0 atom stereocenters. The molecule has 0 aliphatic rings. The van der Waals surface area contributed by atoms with Crippen molar-refractivity contribution < 1.29 is 14.3 Å². The highest BCUT2D eigenvalue weighted by Gasteiger charge is 2.02. The van der Waals surface area contributed by atoms with E-state index < -0.39 is 6.09 Å². The summed E-state index contributed by atoms with van der Waals surface area (Å²) in [5, 5.41) is 7.82. The molecule has 6 nitrogen and oxygen atoms in total. The molecule has 104 valence electrons. The van der Waals surface area contributed by atoms with Crippen LogP contribution in [0.5, 0.6) is 0 Å². The molecule has 0 aliphatic carbocycles. The van der Waals surface area contributed by atoms with Crippen LogP contribution in [0.25, 0.3) is 0 Å². The van der Waals surface area contributed by atoms with Gasteiger partial charge in [-0.15, -0.1) is 0 Å². The summed E-state index contributed by atoms with van der Waals surface area (Å²) in [7, 11) is 0. The van der Waals surface area contributed by atoms with Crippen molar-refractivity contribution in [3.8, 4) is 0 Å². The van der Waals surface area contributed by atoms with Crippen molar-refractivity contribution in [2.24, 2.45) is 0 Å². The van der Waals surface area contributed by atoms with Crippen molar-refractivity contribution in [2.75, 3.05) is 25.0 Å². The molecule has 0 saturated heterocycles. The highest BCUT2D eigenvalue weighted by Crippen LogP contribution is 2.07. The van der Waals surface area contributed by atoms with E-state index in [2.05, 4.69) is 20.7 Å². The van der Waals surface area contributed by atoms with Gasteiger partial charge in [-0.05, 0) is 26.0 Å². The lowest BCUT2D eigenvalue weighted by molar-refractivity contribution is 0.152. The normalized spacial score (nSPS) is 9.58. The summed E-state index contributed by atoms with van der Waals surface area (Å²) in [5.41, 5.74) is 1.85. The number of nitrogens with one attached hydrogen (secondary N) is 3. The molecule has 0 radical (unpaired) electrons. The van der Waals surface area contributed by atoms with Gasteiger partial charge in [-0.2, -0.15) is 0 Å². The first-order valence-electron chi connectivity index (χ1n) is 6.14. The van der Waals surface area contributed by atoms with Gasteiger partial charge in [-0.3, -0.25) is 0 Å². The van der Waals surface area contributed by atoms with E-state index in [4.69, 9.17) is 0 Å². The van der Waals surface area contributed by atoms with Gasteiger partial charge in [-0.25, -0.2) is 9.59 Å². The topological polar surface area (TPSA) is 79.5 Å². The van der Waals surface area contributed by atoms with E-state index >= 15 is 0 Å². The molecular weight excluding hydrogens is 246 g/mol. The number of ether oxygens (including phenoxy) is 1. The van der Waals surface area contributed by atoms with Crippen molar-refractivity contribution in [2.45, 2.75) is 13.8 Å². The van der Waals surface area contributed by atoms with Crippen LogP contribution in [0.1, 0.15) is 12.5 Å². The molecule has 3 amide bonds. The van der Waals surface area contributed by atoms with Gasteiger partial charge >= 0.3 is 12.1 Å². The molecule has 0 saturated carbocycles. The number of aryl methyl sites for hydroxylation is 1. The smallest absolute Gasteiger partial charge is 0.407 e. The predicted molar refractivity (Wildman–Crippen MR) is 73.2 cm³/mol. The van der Waals surface area contributed by atoms with Gasteiger partial charge in [0.05, 0.1) is 6.61 Å². The zero-order chi connectivity index (χ0) is 14.1. The fourth-order valence-corrected chi connectivity index (χ4v) is 1.33. The summed E-state index contributed by atoms with van der Waals surface area (Å²) in [6, 6.07) is 7.17. The first kappa shape index (κ1) is 14.8. The molecular formula is C13H19N3O3. The van der Waals surface area contributed by atoms with Crippen LogP contribution < -0.4 is 16.0 Å². The van der Waals surface area contributed by atoms with Gasteiger partial charge < -0.3 is 20.7 Å². The van der Waals surface area contributed by atoms with E-state index in [-0.39, 0.29) is 6.03 Å². The predicted octanol–water partition coefficient (Wildman–Crippen LogP) is 1.86. The molecule has 0 heterocycles. The van der Waals surface area contributed by atoms with E-state index in [9.17, 15) is 9.59 Å². The molecule has 1 aromatic carbocycles. The lowest BCUT2D eigenvalue weighted by atomic mass is 10.2. The second-order valence-electron chi connectivity index (χ2n) is 3.89. The monoisotopic (exact) mass is 265 g/mol. The van der Waals surface area contributed by atoms with Crippen LogP contribution in [0, 0.1) is 6.92 Å². The second kappa shape index (κ2) is 7.97. The van der Waals surface area contributed by atoms with Gasteiger partial charge in [0.2, 0.25) is 0 Å². The Bertz CT molecular complexity index is 418. The summed E-state index contributed by atoms with van der Waals surface area (Å²) in [6.07, 6.45) is -0.483. The first-order chi connectivity index (χ1) is 9.11. The van der Waals surface area contributed by atoms with Gasteiger partial charge in [0.15, 0.2) is 0 Å². The van der Waals surface area contributed by atoms with Crippen LogP contribution in [0.3, 0.4) is 0 Å². The molecule has 0 fully saturated rings. The van der Waals surface area contributed by atoms with Crippen LogP contribution in [0.4, 0.5) is 15.3 Å². The number of hydrogen-bond donors (Lipinski definition) is 3. The number of carbonyl (C=O) groups is 2. The summed E-state index contributed by atoms with van der Waals surface area (Å²) in [6.45, 7) is 4.68. The summed E-state index contributed by atoms with van der Waals surface area (Å²) >= 11 is 0. The maximum Gasteiger partial charge on any atom is 0.407 e. The number of anilines is 1. The van der Waals surface area contributed by atoms with Gasteiger partial charge in [0.25, 0.3) is 0 Å². The Hall–Kier alpha value is -2.24. The number of carbonyl (C=O) groups excluding carboxylic acids is 2. The quantitative estimate of drug-likeness (QED) is 0.711. The molecule has 0 aliphatic heterocycles. The second-order valence-corrected chi connectivity index (χ2v) is 3.89. The Morgan fingerprint density at radius 2 is 1.74 bits per heavy atom. The van der Waals surface area contributed by atoms with Crippen molar-refractivity contribution in [3.63, 3.8) is 0 Å². The number of urea groups is 1. The summed E-state index contributed by atoms with van der Waals surface area (Å²) < 4.78 is 4.68. The van der Waals surface area contributed by atoms with Crippen LogP contribution in [-0.2, 0) is 4.74 Å². The summed E-state index contributed by atoms with van der Waals surface area (Å²) in [5.74, 6) is 0. The Morgan fingerprint density at radius 3 is 2.37 bits per heavy atom. The van der Waals surface area contributed by atoms with Crippen LogP contribution in [0.15, 0.2) is 24.3 Å². The first-order valence-corrected chi connectivity index (χ1v) is 6.14. The van der Waals surface area contributed by atoms with E-state index in [1.165, 1.54) is 0 Å². The van der Waals surface area contributed by atoms with E-state index in [0.717, 1.165) is 11.3 Å². The maximum atomic E-state index is 11.5. The minimum absolute atomic E-state index is 0.311. The Kier molecular flexibility index (Phi) is 6.21. The van der Waals surface area contributed by atoms with E-state index in [1.54, 1.807) is 6.92 Å². The largest absolute Gasteiger partial charge is 0.450 e. The van der Waals surface area contributed by atoms with E-state index in [0.29, 0.717) is 19.7 Å². The van der Waals surface area contributed by atoms with Crippen LogP contribution in [-0.4, -0.2) is 31.8 Å². The van der Waals surface area contributed by atoms with Crippen molar-refractivity contribution in [1.29, 1.82) is 0 Å². The number of alkyl carbamates (subject to hydrolysis) is 1. The van der Waals surface area contributed by atoms with Gasteiger partial charge in [0.1, 0.15) is 0 Å². The Morgan fingerprint density at radius 1 is 1.11 bits per heavy atom. The maximum absolute atomic E-state index is 11.5. The molecule has 0 aromatic heterocycles. The molecule has 1 aromatic rings. The molecule has 0 spiro atoms. The molecule has 0 bridgehead atoms. The Balaban J connectivity index is 2.18. The average Bonchev–Trinajstić information content (AvgIpc) is 2.38. The van der Waals surface area contributed by atoms with Crippen molar-refractivity contribution in [1.82, 2.24) is 10.6 Å². The fraction of sp³-hybridized carbons (Fsp3) is 0.385. The number of amides is 3. The molecule has 19 heavy (non-hydrogen) atoms. The van der Waals surface area contributed by atoms with E-state index in [1.807, 2.05) is 31.2 Å². The standard InChI is InChI=1S/C13H19N3O3/c1-3-19-13(18)15-9-8-14-12(17)16-11-6-4-10(2)5-7-11/h4-7H,3,8-9H2,1-2H3,(H,15,18)(H2,14,16,17). The SMILES string of the molecule is CCOC(=O)NCCNC(=O)Nc1ccc(C)cc1. The van der Waals surface area contributed by atoms with Crippen LogP contribution in [0.2, 0.25) is 0 Å². The molecule has 6 heteroatoms. The molecule has 0 unspecified atom stereocenters. The van der Waals surface area contributed by atoms with Crippen molar-refractivity contribution >= 4 is 17.8 Å². The average molecular weight is 265 g/mol. The summed E-state index contributed by atoms with van der Waals surface area (Å²) in [4.78, 5) is 22.5. The molecule has 1 rings (SSSR count). The number of rotatable bonds is 5. The van der Waals surface area contributed by atoms with Gasteiger partial charge in [-0.1, -0.05) is 17.7 Å². The third-order valence-electron chi connectivity index (χ3n) is 2.26. The zero-order valence-electron chi connectivity index (χ0n) is 11.2.